The van der Waals surface area contributed by atoms with E-state index in [-0.39, 0.29) is 5.97 Å². The molecule has 1 aliphatic carbocycles. The number of aromatic nitrogens is 1. The Hall–Kier alpha value is -1.64. The van der Waals surface area contributed by atoms with Crippen LogP contribution in [0, 0.1) is 0 Å². The van der Waals surface area contributed by atoms with Crippen LogP contribution in [0.4, 0.5) is 0 Å². The van der Waals surface area contributed by atoms with Crippen LogP contribution in [0.25, 0.3) is 0 Å². The van der Waals surface area contributed by atoms with E-state index >= 15 is 0 Å². The van der Waals surface area contributed by atoms with Crippen molar-refractivity contribution in [1.29, 1.82) is 0 Å². The summed E-state index contributed by atoms with van der Waals surface area (Å²) < 4.78 is 5.25. The van der Waals surface area contributed by atoms with Gasteiger partial charge in [-0.25, -0.2) is 4.79 Å². The predicted molar refractivity (Wildman–Crippen MR) is 65.5 cm³/mol. The van der Waals surface area contributed by atoms with Crippen molar-refractivity contribution in [3.63, 3.8) is 0 Å². The zero-order chi connectivity index (χ0) is 11.9. The molecule has 0 N–H and O–H groups in total. The van der Waals surface area contributed by atoms with Crippen LogP contribution < -0.4 is 0 Å². The third-order valence-corrected chi connectivity index (χ3v) is 2.90. The number of esters is 1. The van der Waals surface area contributed by atoms with E-state index in [1.807, 2.05) is 18.2 Å². The van der Waals surface area contributed by atoms with Gasteiger partial charge in [0.15, 0.2) is 0 Å². The zero-order valence-electron chi connectivity index (χ0n) is 9.89. The highest BCUT2D eigenvalue weighted by atomic mass is 16.5. The molecular formula is C14H17NO2. The first-order chi connectivity index (χ1) is 8.36. The lowest BCUT2D eigenvalue weighted by Gasteiger charge is -2.11. The number of hydrogen-bond donors (Lipinski definition) is 0. The van der Waals surface area contributed by atoms with Crippen LogP contribution in [0.5, 0.6) is 0 Å². The standard InChI is InChI=1S/C14H17NO2/c16-14(13-6-2-1-3-7-13)17-10-8-12-5-4-9-15-11-12/h4-6,9,11H,1-3,7-8,10H2. The molecule has 2 rings (SSSR count). The summed E-state index contributed by atoms with van der Waals surface area (Å²) in [5, 5.41) is 0. The SMILES string of the molecule is O=C(OCCc1cccnc1)C1=CCCCC1. The lowest BCUT2D eigenvalue weighted by atomic mass is 10.00. The summed E-state index contributed by atoms with van der Waals surface area (Å²) in [6, 6.07) is 3.88. The molecule has 90 valence electrons. The van der Waals surface area contributed by atoms with Crippen molar-refractivity contribution in [2.45, 2.75) is 32.1 Å². The molecule has 1 aromatic heterocycles. The third-order valence-electron chi connectivity index (χ3n) is 2.90. The van der Waals surface area contributed by atoms with Crippen LogP contribution in [0.15, 0.2) is 36.2 Å². The maximum absolute atomic E-state index is 11.7. The fraction of sp³-hybridized carbons (Fsp3) is 0.429. The van der Waals surface area contributed by atoms with Gasteiger partial charge < -0.3 is 4.74 Å². The van der Waals surface area contributed by atoms with Crippen molar-refractivity contribution in [2.24, 2.45) is 0 Å². The summed E-state index contributed by atoms with van der Waals surface area (Å²) in [5.41, 5.74) is 1.94. The molecule has 0 unspecified atom stereocenters. The number of carbonyl (C=O) groups is 1. The molecule has 0 saturated carbocycles. The lowest BCUT2D eigenvalue weighted by molar-refractivity contribution is -0.139. The van der Waals surface area contributed by atoms with Gasteiger partial charge in [-0.3, -0.25) is 4.98 Å². The van der Waals surface area contributed by atoms with E-state index in [1.165, 1.54) is 6.42 Å². The van der Waals surface area contributed by atoms with Crippen molar-refractivity contribution in [3.8, 4) is 0 Å². The summed E-state index contributed by atoms with van der Waals surface area (Å²) >= 11 is 0. The zero-order valence-corrected chi connectivity index (χ0v) is 9.89. The first kappa shape index (κ1) is 11.8. The van der Waals surface area contributed by atoms with Gasteiger partial charge in [-0.2, -0.15) is 0 Å². The lowest BCUT2D eigenvalue weighted by Crippen LogP contribution is -2.12. The van der Waals surface area contributed by atoms with Gasteiger partial charge in [0.25, 0.3) is 0 Å². The molecule has 17 heavy (non-hydrogen) atoms. The van der Waals surface area contributed by atoms with E-state index in [0.717, 1.165) is 36.8 Å². The van der Waals surface area contributed by atoms with E-state index < -0.39 is 0 Å². The Kier molecular flexibility index (Phi) is 4.30. The molecule has 0 bridgehead atoms. The summed E-state index contributed by atoms with van der Waals surface area (Å²) in [6.07, 6.45) is 10.4. The maximum Gasteiger partial charge on any atom is 0.333 e. The van der Waals surface area contributed by atoms with E-state index in [1.54, 1.807) is 12.4 Å². The number of ether oxygens (including phenoxy) is 1. The van der Waals surface area contributed by atoms with Crippen LogP contribution in [-0.2, 0) is 16.0 Å². The molecule has 0 aromatic carbocycles. The van der Waals surface area contributed by atoms with E-state index in [4.69, 9.17) is 4.74 Å². The van der Waals surface area contributed by atoms with E-state index in [0.29, 0.717) is 6.61 Å². The molecule has 0 amide bonds. The van der Waals surface area contributed by atoms with Crippen LogP contribution >= 0.6 is 0 Å². The number of rotatable bonds is 4. The van der Waals surface area contributed by atoms with Crippen LogP contribution in [-0.4, -0.2) is 17.6 Å². The van der Waals surface area contributed by atoms with Gasteiger partial charge in [0, 0.05) is 24.4 Å². The van der Waals surface area contributed by atoms with Crippen molar-refractivity contribution in [1.82, 2.24) is 4.98 Å². The van der Waals surface area contributed by atoms with E-state index in [2.05, 4.69) is 4.98 Å². The monoisotopic (exact) mass is 231 g/mol. The average Bonchev–Trinajstić information content (AvgIpc) is 2.41. The predicted octanol–water partition coefficient (Wildman–Crippen LogP) is 2.67. The molecule has 0 atom stereocenters. The number of pyridine rings is 1. The summed E-state index contributed by atoms with van der Waals surface area (Å²) in [4.78, 5) is 15.7. The van der Waals surface area contributed by atoms with Crippen molar-refractivity contribution in [3.05, 3.63) is 41.7 Å². The van der Waals surface area contributed by atoms with Crippen molar-refractivity contribution in [2.75, 3.05) is 6.61 Å². The average molecular weight is 231 g/mol. The minimum Gasteiger partial charge on any atom is -0.462 e. The number of carbonyl (C=O) groups excluding carboxylic acids is 1. The second-order valence-electron chi connectivity index (χ2n) is 4.22. The second-order valence-corrected chi connectivity index (χ2v) is 4.22. The largest absolute Gasteiger partial charge is 0.462 e. The molecule has 0 aliphatic heterocycles. The molecule has 0 fully saturated rings. The Morgan fingerprint density at radius 2 is 2.35 bits per heavy atom. The van der Waals surface area contributed by atoms with Crippen molar-refractivity contribution < 1.29 is 9.53 Å². The minimum absolute atomic E-state index is 0.145. The topological polar surface area (TPSA) is 39.2 Å². The molecule has 3 nitrogen and oxygen atoms in total. The Labute approximate surface area is 102 Å². The number of hydrogen-bond acceptors (Lipinski definition) is 3. The highest BCUT2D eigenvalue weighted by molar-refractivity contribution is 5.88. The smallest absolute Gasteiger partial charge is 0.333 e. The van der Waals surface area contributed by atoms with Gasteiger partial charge in [0.2, 0.25) is 0 Å². The highest BCUT2D eigenvalue weighted by Crippen LogP contribution is 2.18. The van der Waals surface area contributed by atoms with Gasteiger partial charge in [-0.15, -0.1) is 0 Å². The number of allylic oxidation sites excluding steroid dienone is 1. The molecule has 3 heteroatoms. The molecule has 0 saturated heterocycles. The minimum atomic E-state index is -0.145. The third kappa shape index (κ3) is 3.70. The maximum atomic E-state index is 11.7. The van der Waals surface area contributed by atoms with E-state index in [9.17, 15) is 4.79 Å². The van der Waals surface area contributed by atoms with Crippen LogP contribution in [0.1, 0.15) is 31.2 Å². The van der Waals surface area contributed by atoms with Crippen molar-refractivity contribution >= 4 is 5.97 Å². The Bertz CT molecular complexity index is 398. The first-order valence-electron chi connectivity index (χ1n) is 6.11. The molecule has 1 aromatic rings. The fourth-order valence-electron chi connectivity index (χ4n) is 1.92. The Morgan fingerprint density at radius 3 is 3.06 bits per heavy atom. The first-order valence-corrected chi connectivity index (χ1v) is 6.11. The van der Waals surface area contributed by atoms with Gasteiger partial charge in [0.1, 0.15) is 0 Å². The quantitative estimate of drug-likeness (QED) is 0.748. The Balaban J connectivity index is 1.75. The molecule has 0 spiro atoms. The van der Waals surface area contributed by atoms with Crippen LogP contribution in [0.3, 0.4) is 0 Å². The van der Waals surface area contributed by atoms with Gasteiger partial charge in [-0.05, 0) is 37.3 Å². The number of nitrogens with zero attached hydrogens (tertiary/aromatic N) is 1. The molecule has 1 heterocycles. The highest BCUT2D eigenvalue weighted by Gasteiger charge is 2.13. The van der Waals surface area contributed by atoms with Gasteiger partial charge >= 0.3 is 5.97 Å². The molecular weight excluding hydrogens is 214 g/mol. The summed E-state index contributed by atoms with van der Waals surface area (Å²) in [5.74, 6) is -0.145. The second kappa shape index (κ2) is 6.18. The van der Waals surface area contributed by atoms with Gasteiger partial charge in [-0.1, -0.05) is 12.1 Å². The normalized spacial score (nSPS) is 15.2. The molecule has 0 radical (unpaired) electrons. The molecule has 1 aliphatic rings. The summed E-state index contributed by atoms with van der Waals surface area (Å²) in [6.45, 7) is 0.432. The van der Waals surface area contributed by atoms with Crippen LogP contribution in [0.2, 0.25) is 0 Å². The van der Waals surface area contributed by atoms with Gasteiger partial charge in [0.05, 0.1) is 6.61 Å². The fourth-order valence-corrected chi connectivity index (χ4v) is 1.92. The summed E-state index contributed by atoms with van der Waals surface area (Å²) in [7, 11) is 0. The Morgan fingerprint density at radius 1 is 1.41 bits per heavy atom.